The fourth-order valence-corrected chi connectivity index (χ4v) is 3.83. The standard InChI is InChI=1S/C23H22FN5O/c24-19-11-5-4-10-18(19)23-27-26-22-14-13-21(28-29(22)23)25-15-16-7-1-6-12-20(16)30-17-8-2-3-9-17/h1,4-7,10-14,17H,2-3,8-9,15H2,(H,25,28). The van der Waals surface area contributed by atoms with Crippen molar-refractivity contribution in [3.05, 3.63) is 72.0 Å². The van der Waals surface area contributed by atoms with Crippen LogP contribution < -0.4 is 10.1 Å². The van der Waals surface area contributed by atoms with Crippen LogP contribution in [0.3, 0.4) is 0 Å². The molecule has 1 saturated carbocycles. The van der Waals surface area contributed by atoms with Crippen molar-refractivity contribution >= 4 is 11.5 Å². The highest BCUT2D eigenvalue weighted by Crippen LogP contribution is 2.27. The van der Waals surface area contributed by atoms with Crippen molar-refractivity contribution in [3.8, 4) is 17.1 Å². The predicted molar refractivity (Wildman–Crippen MR) is 113 cm³/mol. The van der Waals surface area contributed by atoms with Gasteiger partial charge in [0.15, 0.2) is 11.5 Å². The minimum absolute atomic E-state index is 0.306. The number of hydrogen-bond donors (Lipinski definition) is 1. The third-order valence-corrected chi connectivity index (χ3v) is 5.41. The van der Waals surface area contributed by atoms with E-state index in [1.54, 1.807) is 22.7 Å². The predicted octanol–water partition coefficient (Wildman–Crippen LogP) is 4.86. The van der Waals surface area contributed by atoms with Crippen LogP contribution in [0.25, 0.3) is 17.0 Å². The van der Waals surface area contributed by atoms with Crippen LogP contribution in [0, 0.1) is 5.82 Å². The zero-order valence-corrected chi connectivity index (χ0v) is 16.5. The Hall–Kier alpha value is -3.48. The lowest BCUT2D eigenvalue weighted by Gasteiger charge is -2.17. The Morgan fingerprint density at radius 3 is 2.63 bits per heavy atom. The Balaban J connectivity index is 1.38. The summed E-state index contributed by atoms with van der Waals surface area (Å²) in [5.74, 6) is 1.58. The second-order valence-electron chi connectivity index (χ2n) is 7.48. The van der Waals surface area contributed by atoms with Gasteiger partial charge in [0.1, 0.15) is 17.4 Å². The van der Waals surface area contributed by atoms with Gasteiger partial charge >= 0.3 is 0 Å². The van der Waals surface area contributed by atoms with E-state index in [1.807, 2.05) is 30.3 Å². The number of benzene rings is 2. The van der Waals surface area contributed by atoms with E-state index in [-0.39, 0.29) is 5.82 Å². The third-order valence-electron chi connectivity index (χ3n) is 5.41. The Morgan fingerprint density at radius 1 is 0.967 bits per heavy atom. The minimum atomic E-state index is -0.357. The lowest BCUT2D eigenvalue weighted by atomic mass is 10.2. The summed E-state index contributed by atoms with van der Waals surface area (Å²) in [5.41, 5.74) is 2.00. The average Bonchev–Trinajstić information content (AvgIpc) is 3.43. The maximum absolute atomic E-state index is 14.2. The fourth-order valence-electron chi connectivity index (χ4n) is 3.83. The van der Waals surface area contributed by atoms with Crippen molar-refractivity contribution < 1.29 is 9.13 Å². The van der Waals surface area contributed by atoms with Gasteiger partial charge in [-0.05, 0) is 56.0 Å². The molecule has 1 fully saturated rings. The van der Waals surface area contributed by atoms with E-state index in [0.29, 0.717) is 35.5 Å². The SMILES string of the molecule is Fc1ccccc1-c1nnc2ccc(NCc3ccccc3OC3CCCC3)nn12. The lowest BCUT2D eigenvalue weighted by Crippen LogP contribution is -2.13. The summed E-state index contributed by atoms with van der Waals surface area (Å²) in [5, 5.41) is 16.1. The molecule has 1 aliphatic carbocycles. The van der Waals surface area contributed by atoms with Crippen molar-refractivity contribution in [2.45, 2.75) is 38.3 Å². The number of rotatable bonds is 6. The van der Waals surface area contributed by atoms with Crippen LogP contribution in [-0.4, -0.2) is 25.9 Å². The maximum atomic E-state index is 14.2. The minimum Gasteiger partial charge on any atom is -0.490 e. The van der Waals surface area contributed by atoms with Crippen LogP contribution in [0.4, 0.5) is 10.2 Å². The van der Waals surface area contributed by atoms with Gasteiger partial charge in [-0.2, -0.15) is 4.52 Å². The van der Waals surface area contributed by atoms with Crippen molar-refractivity contribution in [2.75, 3.05) is 5.32 Å². The molecule has 4 aromatic rings. The summed E-state index contributed by atoms with van der Waals surface area (Å²) in [6.45, 7) is 0.568. The van der Waals surface area contributed by atoms with Crippen molar-refractivity contribution in [2.24, 2.45) is 0 Å². The van der Waals surface area contributed by atoms with Gasteiger partial charge in [-0.3, -0.25) is 0 Å². The molecule has 2 heterocycles. The topological polar surface area (TPSA) is 64.3 Å². The molecule has 6 nitrogen and oxygen atoms in total. The van der Waals surface area contributed by atoms with Crippen molar-refractivity contribution in [1.29, 1.82) is 0 Å². The smallest absolute Gasteiger partial charge is 0.188 e. The largest absolute Gasteiger partial charge is 0.490 e. The molecular weight excluding hydrogens is 381 g/mol. The molecule has 30 heavy (non-hydrogen) atoms. The van der Waals surface area contributed by atoms with E-state index in [9.17, 15) is 4.39 Å². The zero-order chi connectivity index (χ0) is 20.3. The normalized spacial score (nSPS) is 14.3. The van der Waals surface area contributed by atoms with E-state index in [2.05, 4.69) is 26.7 Å². The molecule has 1 aliphatic rings. The molecule has 0 amide bonds. The van der Waals surface area contributed by atoms with Gasteiger partial charge in [0.05, 0.1) is 11.7 Å². The highest BCUT2D eigenvalue weighted by atomic mass is 19.1. The molecule has 2 aromatic heterocycles. The average molecular weight is 403 g/mol. The highest BCUT2D eigenvalue weighted by Gasteiger charge is 2.18. The zero-order valence-electron chi connectivity index (χ0n) is 16.5. The molecular formula is C23H22FN5O. The quantitative estimate of drug-likeness (QED) is 0.498. The summed E-state index contributed by atoms with van der Waals surface area (Å²) in [6, 6.07) is 18.2. The first-order valence-electron chi connectivity index (χ1n) is 10.2. The van der Waals surface area contributed by atoms with Gasteiger partial charge in [-0.1, -0.05) is 30.3 Å². The number of para-hydroxylation sites is 1. The first kappa shape index (κ1) is 18.5. The summed E-state index contributed by atoms with van der Waals surface area (Å²) in [6.07, 6.45) is 5.01. The number of hydrogen-bond acceptors (Lipinski definition) is 5. The summed E-state index contributed by atoms with van der Waals surface area (Å²) in [4.78, 5) is 0. The van der Waals surface area contributed by atoms with E-state index in [1.165, 1.54) is 18.9 Å². The van der Waals surface area contributed by atoms with Crippen LogP contribution >= 0.6 is 0 Å². The first-order chi connectivity index (χ1) is 14.8. The highest BCUT2D eigenvalue weighted by molar-refractivity contribution is 5.60. The molecule has 2 aromatic carbocycles. The Bertz CT molecular complexity index is 1170. The fraction of sp³-hybridized carbons (Fsp3) is 0.261. The molecule has 0 saturated heterocycles. The number of fused-ring (bicyclic) bond motifs is 1. The van der Waals surface area contributed by atoms with Crippen LogP contribution in [0.15, 0.2) is 60.7 Å². The molecule has 0 atom stereocenters. The molecule has 5 rings (SSSR count). The summed E-state index contributed by atoms with van der Waals surface area (Å²) in [7, 11) is 0. The van der Waals surface area contributed by atoms with Crippen molar-refractivity contribution in [1.82, 2.24) is 19.8 Å². The number of halogens is 1. The van der Waals surface area contributed by atoms with Gasteiger partial charge in [0.2, 0.25) is 0 Å². The molecule has 0 unspecified atom stereocenters. The number of nitrogens with one attached hydrogen (secondary N) is 1. The molecule has 0 radical (unpaired) electrons. The van der Waals surface area contributed by atoms with E-state index >= 15 is 0 Å². The van der Waals surface area contributed by atoms with E-state index in [4.69, 9.17) is 4.74 Å². The van der Waals surface area contributed by atoms with Gasteiger partial charge in [-0.15, -0.1) is 15.3 Å². The van der Waals surface area contributed by atoms with E-state index < -0.39 is 0 Å². The first-order valence-corrected chi connectivity index (χ1v) is 10.2. The number of aromatic nitrogens is 4. The van der Waals surface area contributed by atoms with E-state index in [0.717, 1.165) is 24.2 Å². The van der Waals surface area contributed by atoms with Gasteiger partial charge < -0.3 is 10.1 Å². The number of ether oxygens (including phenoxy) is 1. The third kappa shape index (κ3) is 3.70. The van der Waals surface area contributed by atoms with Gasteiger partial charge in [0, 0.05) is 12.1 Å². The van der Waals surface area contributed by atoms with Crippen LogP contribution in [0.5, 0.6) is 5.75 Å². The number of anilines is 1. The molecule has 152 valence electrons. The Morgan fingerprint density at radius 2 is 1.77 bits per heavy atom. The van der Waals surface area contributed by atoms with Gasteiger partial charge in [-0.25, -0.2) is 4.39 Å². The lowest BCUT2D eigenvalue weighted by molar-refractivity contribution is 0.208. The van der Waals surface area contributed by atoms with Crippen LogP contribution in [0.1, 0.15) is 31.2 Å². The van der Waals surface area contributed by atoms with Crippen molar-refractivity contribution in [3.63, 3.8) is 0 Å². The Labute approximate surface area is 173 Å². The molecule has 0 spiro atoms. The second-order valence-corrected chi connectivity index (χ2v) is 7.48. The van der Waals surface area contributed by atoms with Crippen LogP contribution in [-0.2, 0) is 6.54 Å². The molecule has 0 bridgehead atoms. The molecule has 1 N–H and O–H groups in total. The molecule has 0 aliphatic heterocycles. The maximum Gasteiger partial charge on any atom is 0.188 e. The monoisotopic (exact) mass is 403 g/mol. The van der Waals surface area contributed by atoms with Crippen LogP contribution in [0.2, 0.25) is 0 Å². The summed E-state index contributed by atoms with van der Waals surface area (Å²) < 4.78 is 22.0. The number of nitrogens with zero attached hydrogens (tertiary/aromatic N) is 4. The van der Waals surface area contributed by atoms with Gasteiger partial charge in [0.25, 0.3) is 0 Å². The Kier molecular flexibility index (Phi) is 5.01. The summed E-state index contributed by atoms with van der Waals surface area (Å²) >= 11 is 0. The molecule has 7 heteroatoms. The second kappa shape index (κ2) is 8.10.